The van der Waals surface area contributed by atoms with Crippen molar-refractivity contribution < 1.29 is 13.9 Å². The fourth-order valence-corrected chi connectivity index (χ4v) is 2.11. The van der Waals surface area contributed by atoms with Crippen LogP contribution >= 0.6 is 0 Å². The van der Waals surface area contributed by atoms with E-state index in [1.54, 1.807) is 0 Å². The molecule has 0 aliphatic rings. The molecule has 0 atom stereocenters. The lowest BCUT2D eigenvalue weighted by Crippen LogP contribution is -2.01. The van der Waals surface area contributed by atoms with Gasteiger partial charge >= 0.3 is 0 Å². The second-order valence-electron chi connectivity index (χ2n) is 4.87. The normalized spacial score (nSPS) is 10.5. The van der Waals surface area contributed by atoms with E-state index in [1.807, 2.05) is 61.5 Å². The van der Waals surface area contributed by atoms with Gasteiger partial charge in [0.15, 0.2) is 0 Å². The van der Waals surface area contributed by atoms with E-state index in [9.17, 15) is 0 Å². The molecule has 118 valence electrons. The fourth-order valence-electron chi connectivity index (χ4n) is 2.11. The molecule has 0 N–H and O–H groups in total. The molecular formula is C18H18N2O3. The average Bonchev–Trinajstić information content (AvgIpc) is 3.06. The molecule has 1 heterocycles. The Morgan fingerprint density at radius 3 is 2.26 bits per heavy atom. The van der Waals surface area contributed by atoms with Crippen LogP contribution < -0.4 is 9.47 Å². The largest absolute Gasteiger partial charge is 0.494 e. The maximum Gasteiger partial charge on any atom is 0.247 e. The van der Waals surface area contributed by atoms with Crippen molar-refractivity contribution in [1.29, 1.82) is 0 Å². The van der Waals surface area contributed by atoms with Crippen molar-refractivity contribution in [3.05, 3.63) is 60.5 Å². The topological polar surface area (TPSA) is 57.4 Å². The predicted octanol–water partition coefficient (Wildman–Crippen LogP) is 3.76. The van der Waals surface area contributed by atoms with E-state index < -0.39 is 0 Å². The highest BCUT2D eigenvalue weighted by atomic mass is 16.5. The van der Waals surface area contributed by atoms with Gasteiger partial charge in [-0.25, -0.2) is 0 Å². The lowest BCUT2D eigenvalue weighted by Gasteiger charge is -2.06. The van der Waals surface area contributed by atoms with Crippen LogP contribution in [0.5, 0.6) is 11.5 Å². The molecule has 0 radical (unpaired) electrons. The Morgan fingerprint density at radius 2 is 1.57 bits per heavy atom. The van der Waals surface area contributed by atoms with Gasteiger partial charge < -0.3 is 13.9 Å². The summed E-state index contributed by atoms with van der Waals surface area (Å²) in [7, 11) is 0. The van der Waals surface area contributed by atoms with Gasteiger partial charge in [0, 0.05) is 5.56 Å². The summed E-state index contributed by atoms with van der Waals surface area (Å²) < 4.78 is 16.7. The summed E-state index contributed by atoms with van der Waals surface area (Å²) in [5, 5.41) is 8.10. The monoisotopic (exact) mass is 310 g/mol. The van der Waals surface area contributed by atoms with Gasteiger partial charge in [0.25, 0.3) is 0 Å². The first-order valence-electron chi connectivity index (χ1n) is 7.58. The minimum absolute atomic E-state index is 0.477. The number of nitrogens with zero attached hydrogens (tertiary/aromatic N) is 2. The number of rotatable bonds is 7. The molecule has 0 spiro atoms. The van der Waals surface area contributed by atoms with Gasteiger partial charge in [0.05, 0.1) is 19.6 Å². The van der Waals surface area contributed by atoms with Crippen LogP contribution in [0.3, 0.4) is 0 Å². The lowest BCUT2D eigenvalue weighted by atomic mass is 10.2. The number of ether oxygens (including phenoxy) is 2. The second-order valence-corrected chi connectivity index (χ2v) is 4.87. The summed E-state index contributed by atoms with van der Waals surface area (Å²) >= 11 is 0. The Hall–Kier alpha value is -2.82. The Bertz CT molecular complexity index is 724. The van der Waals surface area contributed by atoms with Gasteiger partial charge in [-0.1, -0.05) is 18.2 Å². The van der Waals surface area contributed by atoms with E-state index in [4.69, 9.17) is 13.9 Å². The summed E-state index contributed by atoms with van der Waals surface area (Å²) in [6, 6.07) is 17.2. The smallest absolute Gasteiger partial charge is 0.247 e. The molecule has 0 saturated carbocycles. The number of benzene rings is 2. The zero-order valence-electron chi connectivity index (χ0n) is 12.9. The molecule has 0 aliphatic heterocycles. The Morgan fingerprint density at radius 1 is 0.870 bits per heavy atom. The van der Waals surface area contributed by atoms with Gasteiger partial charge in [-0.2, -0.15) is 0 Å². The molecule has 1 aromatic heterocycles. The summed E-state index contributed by atoms with van der Waals surface area (Å²) in [6.07, 6.45) is 0.563. The highest BCUT2D eigenvalue weighted by Gasteiger charge is 2.08. The third kappa shape index (κ3) is 4.10. The minimum atomic E-state index is 0.477. The average molecular weight is 310 g/mol. The predicted molar refractivity (Wildman–Crippen MR) is 86.5 cm³/mol. The van der Waals surface area contributed by atoms with E-state index in [0.29, 0.717) is 31.4 Å². The second kappa shape index (κ2) is 7.45. The highest BCUT2D eigenvalue weighted by Crippen LogP contribution is 2.19. The molecule has 5 nitrogen and oxygen atoms in total. The van der Waals surface area contributed by atoms with Crippen LogP contribution in [0.1, 0.15) is 12.8 Å². The van der Waals surface area contributed by atoms with Crippen molar-refractivity contribution >= 4 is 0 Å². The van der Waals surface area contributed by atoms with Crippen molar-refractivity contribution in [2.45, 2.75) is 13.3 Å². The Kier molecular flexibility index (Phi) is 4.88. The van der Waals surface area contributed by atoms with Crippen LogP contribution in [-0.4, -0.2) is 23.4 Å². The molecule has 3 rings (SSSR count). The van der Waals surface area contributed by atoms with Crippen molar-refractivity contribution in [3.63, 3.8) is 0 Å². The number of hydrogen-bond donors (Lipinski definition) is 0. The minimum Gasteiger partial charge on any atom is -0.494 e. The first kappa shape index (κ1) is 15.1. The van der Waals surface area contributed by atoms with Crippen LogP contribution in [0.15, 0.2) is 59.0 Å². The molecule has 3 aromatic rings. The third-order valence-electron chi connectivity index (χ3n) is 3.21. The van der Waals surface area contributed by atoms with Gasteiger partial charge in [0.2, 0.25) is 11.8 Å². The maximum atomic E-state index is 5.67. The molecule has 0 aliphatic carbocycles. The van der Waals surface area contributed by atoms with Crippen LogP contribution in [0.4, 0.5) is 0 Å². The Labute approximate surface area is 134 Å². The Balaban J connectivity index is 1.52. The fraction of sp³-hybridized carbons (Fsp3) is 0.222. The zero-order chi connectivity index (χ0) is 15.9. The third-order valence-corrected chi connectivity index (χ3v) is 3.21. The number of aromatic nitrogens is 2. The molecule has 2 aromatic carbocycles. The molecule has 0 amide bonds. The summed E-state index contributed by atoms with van der Waals surface area (Å²) in [5.41, 5.74) is 0.915. The molecule has 0 bridgehead atoms. The molecule has 0 saturated heterocycles. The van der Waals surface area contributed by atoms with Gasteiger partial charge in [-0.15, -0.1) is 10.2 Å². The molecular weight excluding hydrogens is 292 g/mol. The summed E-state index contributed by atoms with van der Waals surface area (Å²) in [6.45, 7) is 3.09. The molecule has 0 fully saturated rings. The SMILES string of the molecule is CCOc1ccc(OCCc2nnc(-c3ccccc3)o2)cc1. The molecule has 0 unspecified atom stereocenters. The number of hydrogen-bond acceptors (Lipinski definition) is 5. The lowest BCUT2D eigenvalue weighted by molar-refractivity contribution is 0.305. The van der Waals surface area contributed by atoms with Gasteiger partial charge in [-0.05, 0) is 43.3 Å². The van der Waals surface area contributed by atoms with Crippen molar-refractivity contribution in [2.24, 2.45) is 0 Å². The first-order chi connectivity index (χ1) is 11.3. The zero-order valence-corrected chi connectivity index (χ0v) is 12.9. The van der Waals surface area contributed by atoms with Crippen LogP contribution in [0.25, 0.3) is 11.5 Å². The highest BCUT2D eigenvalue weighted by molar-refractivity contribution is 5.51. The first-order valence-corrected chi connectivity index (χ1v) is 7.58. The van der Waals surface area contributed by atoms with Crippen LogP contribution in [0, 0.1) is 0 Å². The van der Waals surface area contributed by atoms with Crippen LogP contribution in [-0.2, 0) is 6.42 Å². The quantitative estimate of drug-likeness (QED) is 0.665. The van der Waals surface area contributed by atoms with Gasteiger partial charge in [0.1, 0.15) is 11.5 Å². The van der Waals surface area contributed by atoms with E-state index >= 15 is 0 Å². The van der Waals surface area contributed by atoms with E-state index in [0.717, 1.165) is 17.1 Å². The van der Waals surface area contributed by atoms with Gasteiger partial charge in [-0.3, -0.25) is 0 Å². The summed E-state index contributed by atoms with van der Waals surface area (Å²) in [5.74, 6) is 2.72. The van der Waals surface area contributed by atoms with Crippen molar-refractivity contribution in [3.8, 4) is 23.0 Å². The maximum absolute atomic E-state index is 5.67. The molecule has 23 heavy (non-hydrogen) atoms. The molecule has 5 heteroatoms. The van der Waals surface area contributed by atoms with E-state index in [2.05, 4.69) is 10.2 Å². The van der Waals surface area contributed by atoms with Crippen LogP contribution in [0.2, 0.25) is 0 Å². The summed E-state index contributed by atoms with van der Waals surface area (Å²) in [4.78, 5) is 0. The van der Waals surface area contributed by atoms with E-state index in [1.165, 1.54) is 0 Å². The standard InChI is InChI=1S/C18H18N2O3/c1-2-21-15-8-10-16(11-9-15)22-13-12-17-19-20-18(23-17)14-6-4-3-5-7-14/h3-11H,2,12-13H2,1H3. The van der Waals surface area contributed by atoms with Crippen molar-refractivity contribution in [2.75, 3.05) is 13.2 Å². The van der Waals surface area contributed by atoms with E-state index in [-0.39, 0.29) is 0 Å². The van der Waals surface area contributed by atoms with Crippen molar-refractivity contribution in [1.82, 2.24) is 10.2 Å².